The number of aromatic nitrogens is 1. The fourth-order valence-corrected chi connectivity index (χ4v) is 3.44. The van der Waals surface area contributed by atoms with Crippen LogP contribution in [0.15, 0.2) is 46.0 Å². The van der Waals surface area contributed by atoms with E-state index in [4.69, 9.17) is 4.74 Å². The first-order valence-electron chi connectivity index (χ1n) is 5.43. The van der Waals surface area contributed by atoms with E-state index < -0.39 is 16.6 Å². The predicted octanol–water partition coefficient (Wildman–Crippen LogP) is 3.30. The van der Waals surface area contributed by atoms with Gasteiger partial charge in [0.2, 0.25) is 0 Å². The Kier molecular flexibility index (Phi) is 4.66. The molecule has 0 aliphatic heterocycles. The standard InChI is InChI=1S/C13H11BrFNO2S/c1-18-12-5-4-9(7-11(12)15)8-19(17)13-10(14)3-2-6-16-13/h2-7H,8H2,1H3. The Morgan fingerprint density at radius 3 is 2.84 bits per heavy atom. The van der Waals surface area contributed by atoms with Crippen LogP contribution in [0.25, 0.3) is 0 Å². The number of pyridine rings is 1. The highest BCUT2D eigenvalue weighted by Crippen LogP contribution is 2.22. The van der Waals surface area contributed by atoms with E-state index in [9.17, 15) is 8.60 Å². The number of hydrogen-bond acceptors (Lipinski definition) is 3. The minimum atomic E-state index is -1.33. The molecule has 1 aromatic heterocycles. The quantitative estimate of drug-likeness (QED) is 0.854. The number of rotatable bonds is 4. The molecule has 0 spiro atoms. The van der Waals surface area contributed by atoms with Gasteiger partial charge < -0.3 is 4.74 Å². The Bertz CT molecular complexity index is 621. The number of nitrogens with zero attached hydrogens (tertiary/aromatic N) is 1. The Morgan fingerprint density at radius 1 is 1.42 bits per heavy atom. The van der Waals surface area contributed by atoms with Gasteiger partial charge >= 0.3 is 0 Å². The summed E-state index contributed by atoms with van der Waals surface area (Å²) >= 11 is 3.30. The first-order valence-corrected chi connectivity index (χ1v) is 7.54. The summed E-state index contributed by atoms with van der Waals surface area (Å²) in [5, 5.41) is 0.457. The minimum absolute atomic E-state index is 0.175. The SMILES string of the molecule is COc1ccc(CS(=O)c2ncccc2Br)cc1F. The number of benzene rings is 1. The van der Waals surface area contributed by atoms with Gasteiger partial charge in [0, 0.05) is 6.20 Å². The average Bonchev–Trinajstić information content (AvgIpc) is 2.39. The van der Waals surface area contributed by atoms with Crippen LogP contribution in [-0.2, 0) is 16.6 Å². The molecule has 0 N–H and O–H groups in total. The van der Waals surface area contributed by atoms with Crippen molar-refractivity contribution in [3.63, 3.8) is 0 Å². The maximum atomic E-state index is 13.5. The molecule has 0 amide bonds. The average molecular weight is 344 g/mol. The molecule has 1 atom stereocenters. The van der Waals surface area contributed by atoms with Gasteiger partial charge in [-0.15, -0.1) is 0 Å². The molecule has 0 aliphatic rings. The largest absolute Gasteiger partial charge is 0.494 e. The first-order chi connectivity index (χ1) is 9.11. The Morgan fingerprint density at radius 2 is 2.21 bits per heavy atom. The van der Waals surface area contributed by atoms with E-state index in [1.165, 1.54) is 19.2 Å². The van der Waals surface area contributed by atoms with E-state index in [-0.39, 0.29) is 11.5 Å². The zero-order chi connectivity index (χ0) is 13.8. The van der Waals surface area contributed by atoms with Crippen molar-refractivity contribution in [2.24, 2.45) is 0 Å². The van der Waals surface area contributed by atoms with Crippen LogP contribution >= 0.6 is 15.9 Å². The lowest BCUT2D eigenvalue weighted by atomic mass is 10.2. The molecule has 1 aromatic carbocycles. The molecule has 0 radical (unpaired) electrons. The van der Waals surface area contributed by atoms with Crippen LogP contribution in [0.1, 0.15) is 5.56 Å². The van der Waals surface area contributed by atoms with E-state index in [0.717, 1.165) is 0 Å². The number of halogens is 2. The van der Waals surface area contributed by atoms with E-state index in [2.05, 4.69) is 20.9 Å². The van der Waals surface area contributed by atoms with Crippen LogP contribution in [0.2, 0.25) is 0 Å². The van der Waals surface area contributed by atoms with Gasteiger partial charge in [-0.25, -0.2) is 9.37 Å². The van der Waals surface area contributed by atoms with E-state index in [0.29, 0.717) is 15.1 Å². The number of ether oxygens (including phenoxy) is 1. The van der Waals surface area contributed by atoms with Crippen molar-refractivity contribution >= 4 is 26.7 Å². The molecule has 6 heteroatoms. The molecule has 2 aromatic rings. The van der Waals surface area contributed by atoms with Crippen LogP contribution in [0, 0.1) is 5.82 Å². The molecule has 0 aliphatic carbocycles. The first kappa shape index (κ1) is 14.1. The van der Waals surface area contributed by atoms with Crippen molar-refractivity contribution in [2.75, 3.05) is 7.11 Å². The summed E-state index contributed by atoms with van der Waals surface area (Å²) in [6.45, 7) is 0. The highest BCUT2D eigenvalue weighted by atomic mass is 79.9. The van der Waals surface area contributed by atoms with Gasteiger partial charge in [0.05, 0.1) is 28.1 Å². The molecular formula is C13H11BrFNO2S. The van der Waals surface area contributed by atoms with Gasteiger partial charge in [-0.3, -0.25) is 4.21 Å². The number of methoxy groups -OCH3 is 1. The molecule has 3 nitrogen and oxygen atoms in total. The highest BCUT2D eigenvalue weighted by Gasteiger charge is 2.12. The van der Waals surface area contributed by atoms with Crippen molar-refractivity contribution in [2.45, 2.75) is 10.8 Å². The predicted molar refractivity (Wildman–Crippen MR) is 75.0 cm³/mol. The van der Waals surface area contributed by atoms with E-state index in [1.54, 1.807) is 24.4 Å². The fourth-order valence-electron chi connectivity index (χ4n) is 1.56. The summed E-state index contributed by atoms with van der Waals surface area (Å²) in [5.41, 5.74) is 0.634. The van der Waals surface area contributed by atoms with Gasteiger partial charge in [-0.2, -0.15) is 0 Å². The number of hydrogen-bond donors (Lipinski definition) is 0. The second kappa shape index (κ2) is 6.25. The lowest BCUT2D eigenvalue weighted by molar-refractivity contribution is 0.386. The summed E-state index contributed by atoms with van der Waals surface area (Å²) in [7, 11) is 0.0757. The zero-order valence-electron chi connectivity index (χ0n) is 10.1. The van der Waals surface area contributed by atoms with E-state index >= 15 is 0 Å². The van der Waals surface area contributed by atoms with Gasteiger partial charge in [-0.05, 0) is 45.8 Å². The van der Waals surface area contributed by atoms with Gasteiger partial charge in [-0.1, -0.05) is 6.07 Å². The summed E-state index contributed by atoms with van der Waals surface area (Å²) < 4.78 is 31.2. The summed E-state index contributed by atoms with van der Waals surface area (Å²) in [6, 6.07) is 8.06. The molecule has 0 bridgehead atoms. The summed E-state index contributed by atoms with van der Waals surface area (Å²) in [5.74, 6) is -0.0816. The molecule has 0 fully saturated rings. The monoisotopic (exact) mass is 343 g/mol. The summed E-state index contributed by atoms with van der Waals surface area (Å²) in [4.78, 5) is 4.07. The van der Waals surface area contributed by atoms with E-state index in [1.807, 2.05) is 0 Å². The van der Waals surface area contributed by atoms with Crippen LogP contribution in [0.5, 0.6) is 5.75 Å². The second-order valence-corrected chi connectivity index (χ2v) is 5.97. The molecule has 100 valence electrons. The molecule has 1 unspecified atom stereocenters. The minimum Gasteiger partial charge on any atom is -0.494 e. The van der Waals surface area contributed by atoms with Crippen LogP contribution in [-0.4, -0.2) is 16.3 Å². The lowest BCUT2D eigenvalue weighted by Gasteiger charge is -2.06. The van der Waals surface area contributed by atoms with Gasteiger partial charge in [0.15, 0.2) is 11.6 Å². The maximum Gasteiger partial charge on any atom is 0.165 e. The Hall–Kier alpha value is -1.27. The molecule has 19 heavy (non-hydrogen) atoms. The fraction of sp³-hybridized carbons (Fsp3) is 0.154. The zero-order valence-corrected chi connectivity index (χ0v) is 12.5. The van der Waals surface area contributed by atoms with Crippen LogP contribution < -0.4 is 4.74 Å². The molecular weight excluding hydrogens is 333 g/mol. The van der Waals surface area contributed by atoms with Crippen LogP contribution in [0.3, 0.4) is 0 Å². The normalized spacial score (nSPS) is 12.2. The van der Waals surface area contributed by atoms with Crippen molar-refractivity contribution in [3.05, 3.63) is 52.4 Å². The molecule has 0 saturated heterocycles. The van der Waals surface area contributed by atoms with Crippen molar-refractivity contribution in [3.8, 4) is 5.75 Å². The maximum absolute atomic E-state index is 13.5. The molecule has 0 saturated carbocycles. The highest BCUT2D eigenvalue weighted by molar-refractivity contribution is 9.10. The smallest absolute Gasteiger partial charge is 0.165 e. The molecule has 1 heterocycles. The Labute approximate surface area is 121 Å². The third-order valence-electron chi connectivity index (χ3n) is 2.45. The Balaban J connectivity index is 2.20. The third-order valence-corrected chi connectivity index (χ3v) is 4.71. The van der Waals surface area contributed by atoms with Gasteiger partial charge in [0.1, 0.15) is 5.03 Å². The van der Waals surface area contributed by atoms with Crippen molar-refractivity contribution in [1.29, 1.82) is 0 Å². The topological polar surface area (TPSA) is 39.2 Å². The lowest BCUT2D eigenvalue weighted by Crippen LogP contribution is -2.01. The third kappa shape index (κ3) is 3.39. The summed E-state index contributed by atoms with van der Waals surface area (Å²) in [6.07, 6.45) is 1.58. The van der Waals surface area contributed by atoms with Gasteiger partial charge in [0.25, 0.3) is 0 Å². The van der Waals surface area contributed by atoms with Crippen LogP contribution in [0.4, 0.5) is 4.39 Å². The van der Waals surface area contributed by atoms with Crippen molar-refractivity contribution < 1.29 is 13.3 Å². The van der Waals surface area contributed by atoms with Crippen molar-refractivity contribution in [1.82, 2.24) is 4.98 Å². The molecule has 2 rings (SSSR count). The second-order valence-electron chi connectivity index (χ2n) is 3.75.